The number of benzene rings is 15. The molecular weight excluding hydrogens is 1350 g/mol. The molecule has 2 aliphatic heterocycles. The van der Waals surface area contributed by atoms with Crippen molar-refractivity contribution >= 4 is 144 Å². The summed E-state index contributed by atoms with van der Waals surface area (Å²) in [5.74, 6) is 0. The monoisotopic (exact) mass is 1440 g/mol. The quantitative estimate of drug-likeness (QED) is 0.142. The highest BCUT2D eigenvalue weighted by molar-refractivity contribution is 7.00. The second kappa shape index (κ2) is 24.3. The summed E-state index contributed by atoms with van der Waals surface area (Å²) >= 11 is 0. The smallest absolute Gasteiger partial charge is 0.252 e. The topological polar surface area (TPSA) is 50.0 Å². The molecular formula is C103H80BN7. The number of hydrogen-bond donors (Lipinski definition) is 0. The number of rotatable bonds is 8. The van der Waals surface area contributed by atoms with E-state index >= 15 is 0 Å². The van der Waals surface area contributed by atoms with Crippen LogP contribution in [-0.2, 0) is 16.2 Å². The van der Waals surface area contributed by atoms with E-state index in [1.807, 2.05) is 146 Å². The SMILES string of the molecule is [2H]c1c([2H])c([2H])c2c(c1[2H])c1c([2H])c([2H])c([2H])c([2H])c1n2-c1ccc2c(c1)N(c1c(-c3ccccc3)cc(C(C)(C)C)cc1-c1ccccc1)c1cc(-n3c4c([2H])c([2H])c([2H])c([2H])c4c4c([2H])c([2H])c([2H])c([2H])c43)cc3c1B2c1ccc(-n2c4ccc(C(C)(C)C)cc4c4cc(C(C)(C)C)ccc42)cc1N3c1cccc(-n2c3ccccc3c3ccccc32)c1C#N. The lowest BCUT2D eigenvalue weighted by Gasteiger charge is -2.45. The molecule has 0 saturated carbocycles. The van der Waals surface area contributed by atoms with Gasteiger partial charge in [-0.15, -0.1) is 0 Å². The summed E-state index contributed by atoms with van der Waals surface area (Å²) < 4.78 is 162. The summed E-state index contributed by atoms with van der Waals surface area (Å²) in [4.78, 5) is 4.27. The van der Waals surface area contributed by atoms with Crippen LogP contribution in [-0.4, -0.2) is 25.0 Å². The molecule has 0 amide bonds. The first kappa shape index (κ1) is 51.1. The maximum Gasteiger partial charge on any atom is 0.252 e. The minimum atomic E-state index is -0.887. The van der Waals surface area contributed by atoms with Gasteiger partial charge in [0.25, 0.3) is 6.71 Å². The van der Waals surface area contributed by atoms with Gasteiger partial charge in [0.05, 0.1) is 88.8 Å². The first-order valence-electron chi connectivity index (χ1n) is 45.6. The molecule has 0 radical (unpaired) electrons. The van der Waals surface area contributed by atoms with Crippen LogP contribution in [0.3, 0.4) is 0 Å². The van der Waals surface area contributed by atoms with Gasteiger partial charge in [-0.1, -0.05) is 262 Å². The number of hydrogen-bond acceptors (Lipinski definition) is 3. The van der Waals surface area contributed by atoms with Crippen molar-refractivity contribution in [1.82, 2.24) is 18.3 Å². The molecule has 8 heteroatoms. The van der Waals surface area contributed by atoms with Gasteiger partial charge in [0.1, 0.15) is 11.6 Å². The molecule has 0 N–H and O–H groups in total. The largest absolute Gasteiger partial charge is 0.310 e. The summed E-state index contributed by atoms with van der Waals surface area (Å²) in [6.07, 6.45) is 0. The second-order valence-electron chi connectivity index (χ2n) is 32.4. The molecule has 19 aromatic rings. The third kappa shape index (κ3) is 9.97. The van der Waals surface area contributed by atoms with E-state index in [2.05, 4.69) is 166 Å². The number of aromatic nitrogens is 4. The molecule has 0 saturated heterocycles. The van der Waals surface area contributed by atoms with E-state index in [9.17, 15) is 24.5 Å². The van der Waals surface area contributed by atoms with Crippen LogP contribution in [0.4, 0.5) is 34.1 Å². The van der Waals surface area contributed by atoms with Gasteiger partial charge in [-0.25, -0.2) is 0 Å². The molecule has 111 heavy (non-hydrogen) atoms. The summed E-state index contributed by atoms with van der Waals surface area (Å²) in [5.41, 5.74) is 15.0. The third-order valence-corrected chi connectivity index (χ3v) is 22.9. The Kier molecular flexibility index (Phi) is 11.2. The Labute approximate surface area is 669 Å². The van der Waals surface area contributed by atoms with E-state index < -0.39 is 109 Å². The molecule has 2 aliphatic rings. The van der Waals surface area contributed by atoms with E-state index in [0.717, 1.165) is 93.7 Å². The third-order valence-electron chi connectivity index (χ3n) is 22.9. The average Bonchev–Trinajstić information content (AvgIpc) is 1.52. The van der Waals surface area contributed by atoms with E-state index in [4.69, 9.17) is 2.74 Å². The Hall–Kier alpha value is -13.3. The van der Waals surface area contributed by atoms with Crippen LogP contribution in [0.1, 0.15) is 106 Å². The predicted octanol–water partition coefficient (Wildman–Crippen LogP) is 25.3. The van der Waals surface area contributed by atoms with Gasteiger partial charge in [-0.2, -0.15) is 5.26 Å². The van der Waals surface area contributed by atoms with Gasteiger partial charge in [-0.05, 0) is 182 Å². The maximum atomic E-state index is 12.8. The fraction of sp³-hybridized carbons (Fsp3) is 0.117. The molecule has 15 aromatic carbocycles. The van der Waals surface area contributed by atoms with E-state index in [1.54, 1.807) is 0 Å². The van der Waals surface area contributed by atoms with Crippen molar-refractivity contribution in [3.05, 3.63) is 343 Å². The molecule has 4 aromatic heterocycles. The molecule has 0 aliphatic carbocycles. The lowest BCUT2D eigenvalue weighted by atomic mass is 9.33. The molecule has 6 heterocycles. The lowest BCUT2D eigenvalue weighted by Crippen LogP contribution is -2.61. The standard InChI is InChI=1S/C103H80BN7/c1-101(2,3)66-47-53-93-80(55-66)81-56-67(102(4,5)6)48-54-94(81)107(93)69-49-51-83-95(59-69)110(92-46-28-45-91(82(92)63-105)109-89-43-26-20-37-76(89)77-38-21-27-44-90(77)109)97-61-71(108-87-41-24-18-35-74(87)75-36-19-25-42-88(75)108)62-98-99(97)104(83)84-52-50-70(106-85-39-22-16-33-72(85)73-34-17-23-40-86(73)106)60-96(84)111(98)100-78(64-29-12-10-13-30-64)57-68(103(7,8)9)58-79(100)65-31-14-11-15-32-65/h10-62H,1-9H3/i16D,17D,18D,19D,22D,23D,24D,25D,33D,34D,35D,36D,39D,40D,41D,42D. The molecule has 0 atom stereocenters. The molecule has 0 unspecified atom stereocenters. The summed E-state index contributed by atoms with van der Waals surface area (Å²) in [6, 6.07) is 69.4. The molecule has 0 spiro atoms. The highest BCUT2D eigenvalue weighted by Crippen LogP contribution is 2.54. The minimum Gasteiger partial charge on any atom is -0.310 e. The Balaban J connectivity index is 1.00. The minimum absolute atomic E-state index is 0.109. The van der Waals surface area contributed by atoms with Crippen LogP contribution in [0, 0.1) is 11.3 Å². The van der Waals surface area contributed by atoms with Crippen LogP contribution >= 0.6 is 0 Å². The molecule has 7 nitrogen and oxygen atoms in total. The summed E-state index contributed by atoms with van der Waals surface area (Å²) in [7, 11) is 0. The molecule has 0 fully saturated rings. The zero-order valence-corrected chi connectivity index (χ0v) is 62.6. The number of anilines is 6. The predicted molar refractivity (Wildman–Crippen MR) is 470 cm³/mol. The fourth-order valence-corrected chi connectivity index (χ4v) is 17.6. The van der Waals surface area contributed by atoms with Gasteiger partial charge in [-0.3, -0.25) is 0 Å². The van der Waals surface area contributed by atoms with E-state index in [0.29, 0.717) is 50.7 Å². The Morgan fingerprint density at radius 3 is 1.14 bits per heavy atom. The zero-order chi connectivity index (χ0) is 89.0. The summed E-state index contributed by atoms with van der Waals surface area (Å²) in [5, 5.41) is 16.2. The Bertz CT molecular complexity index is 7860. The van der Waals surface area contributed by atoms with Crippen LogP contribution in [0.2, 0.25) is 0 Å². The molecule has 21 rings (SSSR count). The number of para-hydroxylation sites is 6. The van der Waals surface area contributed by atoms with Crippen molar-refractivity contribution in [1.29, 1.82) is 5.26 Å². The van der Waals surface area contributed by atoms with Crippen molar-refractivity contribution in [2.45, 2.75) is 78.6 Å². The zero-order valence-electron chi connectivity index (χ0n) is 78.6. The fourth-order valence-electron chi connectivity index (χ4n) is 17.6. The van der Waals surface area contributed by atoms with Gasteiger partial charge in [0.2, 0.25) is 0 Å². The van der Waals surface area contributed by atoms with E-state index in [-0.39, 0.29) is 71.4 Å². The van der Waals surface area contributed by atoms with Crippen molar-refractivity contribution in [3.8, 4) is 51.1 Å². The Morgan fingerprint density at radius 1 is 0.297 bits per heavy atom. The van der Waals surface area contributed by atoms with E-state index in [1.165, 1.54) is 9.13 Å². The summed E-state index contributed by atoms with van der Waals surface area (Å²) in [6.45, 7) is 18.8. The van der Waals surface area contributed by atoms with Crippen molar-refractivity contribution in [2.24, 2.45) is 0 Å². The van der Waals surface area contributed by atoms with Crippen molar-refractivity contribution < 1.29 is 21.9 Å². The highest BCUT2D eigenvalue weighted by Gasteiger charge is 2.46. The first-order valence-corrected chi connectivity index (χ1v) is 37.6. The molecule has 530 valence electrons. The van der Waals surface area contributed by atoms with Crippen LogP contribution < -0.4 is 26.2 Å². The normalized spacial score (nSPS) is 15.0. The number of fused-ring (bicyclic) bond motifs is 16. The first-order chi connectivity index (χ1) is 60.6. The van der Waals surface area contributed by atoms with Gasteiger partial charge in [0, 0.05) is 88.3 Å². The number of nitrogens with zero attached hydrogens (tertiary/aromatic N) is 7. The van der Waals surface area contributed by atoms with Crippen LogP contribution in [0.5, 0.6) is 0 Å². The van der Waals surface area contributed by atoms with Crippen molar-refractivity contribution in [2.75, 3.05) is 9.80 Å². The highest BCUT2D eigenvalue weighted by atomic mass is 15.2. The van der Waals surface area contributed by atoms with Crippen molar-refractivity contribution in [3.63, 3.8) is 0 Å². The molecule has 0 bridgehead atoms. The van der Waals surface area contributed by atoms with Crippen LogP contribution in [0.15, 0.2) is 321 Å². The Morgan fingerprint density at radius 2 is 0.685 bits per heavy atom. The lowest BCUT2D eigenvalue weighted by molar-refractivity contribution is 0.590. The van der Waals surface area contributed by atoms with Gasteiger partial charge in [0.15, 0.2) is 0 Å². The average molecular weight is 1440 g/mol. The van der Waals surface area contributed by atoms with Gasteiger partial charge < -0.3 is 28.1 Å². The second-order valence-corrected chi connectivity index (χ2v) is 32.4. The maximum absolute atomic E-state index is 12.8. The van der Waals surface area contributed by atoms with Crippen LogP contribution in [0.25, 0.3) is 132 Å². The number of nitriles is 1. The van der Waals surface area contributed by atoms with Gasteiger partial charge >= 0.3 is 0 Å².